The molecule has 1 aliphatic rings. The average molecular weight is 322 g/mol. The van der Waals surface area contributed by atoms with Gasteiger partial charge in [-0.25, -0.2) is 9.18 Å². The molecule has 23 heavy (non-hydrogen) atoms. The predicted molar refractivity (Wildman–Crippen MR) is 86.7 cm³/mol. The number of carbonyl (C=O) groups excluding carboxylic acids is 2. The first kappa shape index (κ1) is 17.2. The van der Waals surface area contributed by atoms with Gasteiger partial charge in [0.05, 0.1) is 12.2 Å². The molecule has 0 atom stereocenters. The van der Waals surface area contributed by atoms with Crippen molar-refractivity contribution in [2.75, 3.05) is 38.0 Å². The number of piperazine rings is 1. The smallest absolute Gasteiger partial charge is 0.322 e. The van der Waals surface area contributed by atoms with Crippen LogP contribution in [0.15, 0.2) is 24.3 Å². The molecule has 1 saturated heterocycles. The molecular weight excluding hydrogens is 299 g/mol. The van der Waals surface area contributed by atoms with Gasteiger partial charge < -0.3 is 15.5 Å². The highest BCUT2D eigenvalue weighted by Gasteiger charge is 2.23. The summed E-state index contributed by atoms with van der Waals surface area (Å²) in [5.41, 5.74) is 0.177. The van der Waals surface area contributed by atoms with E-state index in [0.717, 1.165) is 0 Å². The number of benzene rings is 1. The number of hydrogen-bond donors (Lipinski definition) is 2. The highest BCUT2D eigenvalue weighted by Crippen LogP contribution is 2.13. The Labute approximate surface area is 135 Å². The van der Waals surface area contributed by atoms with Crippen molar-refractivity contribution in [3.63, 3.8) is 0 Å². The third kappa shape index (κ3) is 5.21. The van der Waals surface area contributed by atoms with Crippen molar-refractivity contribution in [1.82, 2.24) is 15.1 Å². The van der Waals surface area contributed by atoms with Crippen molar-refractivity contribution in [3.8, 4) is 0 Å². The van der Waals surface area contributed by atoms with Crippen LogP contribution in [0.2, 0.25) is 0 Å². The van der Waals surface area contributed by atoms with E-state index < -0.39 is 5.82 Å². The SMILES string of the molecule is CC(C)NC(=O)CN1CCN(C(=O)Nc2ccccc2F)CC1. The van der Waals surface area contributed by atoms with E-state index in [0.29, 0.717) is 32.7 Å². The first-order valence-corrected chi connectivity index (χ1v) is 7.78. The fourth-order valence-electron chi connectivity index (χ4n) is 2.44. The normalized spacial score (nSPS) is 15.6. The van der Waals surface area contributed by atoms with Gasteiger partial charge in [-0.3, -0.25) is 9.69 Å². The number of amides is 3. The number of anilines is 1. The Kier molecular flexibility index (Phi) is 5.92. The molecule has 7 heteroatoms. The number of nitrogens with one attached hydrogen (secondary N) is 2. The minimum atomic E-state index is -0.454. The standard InChI is InChI=1S/C16H23FN4O2/c1-12(2)18-15(22)11-20-7-9-21(10-8-20)16(23)19-14-6-4-3-5-13(14)17/h3-6,12H,7-11H2,1-2H3,(H,18,22)(H,19,23). The Morgan fingerprint density at radius 1 is 1.17 bits per heavy atom. The highest BCUT2D eigenvalue weighted by atomic mass is 19.1. The van der Waals surface area contributed by atoms with Gasteiger partial charge in [0.15, 0.2) is 0 Å². The number of halogens is 1. The molecule has 3 amide bonds. The van der Waals surface area contributed by atoms with E-state index in [4.69, 9.17) is 0 Å². The Hall–Kier alpha value is -2.15. The second-order valence-electron chi connectivity index (χ2n) is 5.90. The number of hydrogen-bond acceptors (Lipinski definition) is 3. The molecule has 1 aromatic carbocycles. The first-order chi connectivity index (χ1) is 11.0. The van der Waals surface area contributed by atoms with Crippen LogP contribution in [0.1, 0.15) is 13.8 Å². The summed E-state index contributed by atoms with van der Waals surface area (Å²) >= 11 is 0. The molecule has 2 N–H and O–H groups in total. The van der Waals surface area contributed by atoms with Crippen LogP contribution in [0.3, 0.4) is 0 Å². The molecular formula is C16H23FN4O2. The number of rotatable bonds is 4. The zero-order valence-electron chi connectivity index (χ0n) is 13.5. The molecule has 1 aliphatic heterocycles. The number of para-hydroxylation sites is 1. The summed E-state index contributed by atoms with van der Waals surface area (Å²) in [4.78, 5) is 27.5. The van der Waals surface area contributed by atoms with Crippen molar-refractivity contribution in [2.24, 2.45) is 0 Å². The van der Waals surface area contributed by atoms with Crippen LogP contribution in [0.25, 0.3) is 0 Å². The highest BCUT2D eigenvalue weighted by molar-refractivity contribution is 5.89. The maximum atomic E-state index is 13.5. The Balaban J connectivity index is 1.79. The van der Waals surface area contributed by atoms with Gasteiger partial charge in [0, 0.05) is 32.2 Å². The fraction of sp³-hybridized carbons (Fsp3) is 0.500. The first-order valence-electron chi connectivity index (χ1n) is 7.78. The van der Waals surface area contributed by atoms with Crippen LogP contribution < -0.4 is 10.6 Å². The van der Waals surface area contributed by atoms with Crippen molar-refractivity contribution >= 4 is 17.6 Å². The van der Waals surface area contributed by atoms with E-state index in [1.807, 2.05) is 18.7 Å². The van der Waals surface area contributed by atoms with Crippen molar-refractivity contribution < 1.29 is 14.0 Å². The van der Waals surface area contributed by atoms with Gasteiger partial charge in [0.2, 0.25) is 5.91 Å². The van der Waals surface area contributed by atoms with Crippen LogP contribution in [0.5, 0.6) is 0 Å². The van der Waals surface area contributed by atoms with Gasteiger partial charge >= 0.3 is 6.03 Å². The minimum absolute atomic E-state index is 0.00995. The predicted octanol–water partition coefficient (Wildman–Crippen LogP) is 1.50. The number of nitrogens with zero attached hydrogens (tertiary/aromatic N) is 2. The molecule has 1 heterocycles. The van der Waals surface area contributed by atoms with Crippen molar-refractivity contribution in [2.45, 2.75) is 19.9 Å². The molecule has 0 saturated carbocycles. The van der Waals surface area contributed by atoms with Gasteiger partial charge in [-0.2, -0.15) is 0 Å². The summed E-state index contributed by atoms with van der Waals surface area (Å²) in [6.07, 6.45) is 0. The quantitative estimate of drug-likeness (QED) is 0.883. The average Bonchev–Trinajstić information content (AvgIpc) is 2.49. The molecule has 126 valence electrons. The van der Waals surface area contributed by atoms with Gasteiger partial charge in [-0.05, 0) is 26.0 Å². The molecule has 2 rings (SSSR count). The number of carbonyl (C=O) groups is 2. The maximum absolute atomic E-state index is 13.5. The van der Waals surface area contributed by atoms with Crippen LogP contribution in [-0.2, 0) is 4.79 Å². The van der Waals surface area contributed by atoms with E-state index in [2.05, 4.69) is 10.6 Å². The second kappa shape index (κ2) is 7.92. The second-order valence-corrected chi connectivity index (χ2v) is 5.90. The van der Waals surface area contributed by atoms with Crippen LogP contribution in [0.4, 0.5) is 14.9 Å². The Bertz CT molecular complexity index is 557. The monoisotopic (exact) mass is 322 g/mol. The Morgan fingerprint density at radius 3 is 2.43 bits per heavy atom. The van der Waals surface area contributed by atoms with Gasteiger partial charge in [0.25, 0.3) is 0 Å². The lowest BCUT2D eigenvalue weighted by Gasteiger charge is -2.34. The molecule has 0 radical (unpaired) electrons. The zero-order valence-corrected chi connectivity index (χ0v) is 13.5. The molecule has 0 aliphatic carbocycles. The summed E-state index contributed by atoms with van der Waals surface area (Å²) < 4.78 is 13.5. The molecule has 1 aromatic rings. The van der Waals surface area contributed by atoms with Crippen LogP contribution in [0, 0.1) is 5.82 Å². The molecule has 6 nitrogen and oxygen atoms in total. The lowest BCUT2D eigenvalue weighted by atomic mass is 10.3. The summed E-state index contributed by atoms with van der Waals surface area (Å²) in [5, 5.41) is 5.42. The third-order valence-corrected chi connectivity index (χ3v) is 3.59. The van der Waals surface area contributed by atoms with E-state index >= 15 is 0 Å². The van der Waals surface area contributed by atoms with E-state index in [1.54, 1.807) is 17.0 Å². The largest absolute Gasteiger partial charge is 0.353 e. The lowest BCUT2D eigenvalue weighted by molar-refractivity contribution is -0.123. The molecule has 0 bridgehead atoms. The minimum Gasteiger partial charge on any atom is -0.353 e. The molecule has 1 fully saturated rings. The maximum Gasteiger partial charge on any atom is 0.322 e. The van der Waals surface area contributed by atoms with Gasteiger partial charge in [-0.1, -0.05) is 12.1 Å². The van der Waals surface area contributed by atoms with Crippen molar-refractivity contribution in [1.29, 1.82) is 0 Å². The van der Waals surface area contributed by atoms with E-state index in [1.165, 1.54) is 12.1 Å². The fourth-order valence-corrected chi connectivity index (χ4v) is 2.44. The van der Waals surface area contributed by atoms with Crippen LogP contribution >= 0.6 is 0 Å². The van der Waals surface area contributed by atoms with E-state index in [9.17, 15) is 14.0 Å². The van der Waals surface area contributed by atoms with Gasteiger partial charge in [-0.15, -0.1) is 0 Å². The summed E-state index contributed by atoms with van der Waals surface area (Å²) in [5.74, 6) is -0.464. The topological polar surface area (TPSA) is 64.7 Å². The number of urea groups is 1. The third-order valence-electron chi connectivity index (χ3n) is 3.59. The van der Waals surface area contributed by atoms with Crippen LogP contribution in [-0.4, -0.2) is 60.5 Å². The summed E-state index contributed by atoms with van der Waals surface area (Å²) in [6, 6.07) is 5.88. The van der Waals surface area contributed by atoms with E-state index in [-0.39, 0.29) is 23.7 Å². The van der Waals surface area contributed by atoms with Gasteiger partial charge in [0.1, 0.15) is 5.82 Å². The molecule has 0 aromatic heterocycles. The Morgan fingerprint density at radius 2 is 1.83 bits per heavy atom. The zero-order chi connectivity index (χ0) is 16.8. The lowest BCUT2D eigenvalue weighted by Crippen LogP contribution is -2.52. The molecule has 0 unspecified atom stereocenters. The summed E-state index contributed by atoms with van der Waals surface area (Å²) in [6.45, 7) is 6.43. The summed E-state index contributed by atoms with van der Waals surface area (Å²) in [7, 11) is 0. The van der Waals surface area contributed by atoms with Crippen molar-refractivity contribution in [3.05, 3.63) is 30.1 Å². The molecule has 0 spiro atoms.